The van der Waals surface area contributed by atoms with Gasteiger partial charge in [-0.25, -0.2) is 0 Å². The van der Waals surface area contributed by atoms with E-state index in [-0.39, 0.29) is 0 Å². The van der Waals surface area contributed by atoms with E-state index in [1.54, 1.807) is 0 Å². The van der Waals surface area contributed by atoms with Gasteiger partial charge in [0, 0.05) is 51.3 Å². The van der Waals surface area contributed by atoms with E-state index in [1.807, 2.05) is 18.5 Å². The minimum atomic E-state index is 0.749. The molecule has 0 spiro atoms. The zero-order chi connectivity index (χ0) is 14.7. The standard InChI is InChI=1S/C18H23N3/c1-20(2)17-7-5-15(6-8-17)13-21(18-9-10-18)14-16-4-3-11-19-12-16/h3-8,11-12,18H,9-10,13-14H2,1-2H3. The lowest BCUT2D eigenvalue weighted by molar-refractivity contribution is 0.245. The summed E-state index contributed by atoms with van der Waals surface area (Å²) in [5, 5.41) is 0. The number of aromatic nitrogens is 1. The highest BCUT2D eigenvalue weighted by atomic mass is 15.2. The molecule has 0 N–H and O–H groups in total. The third kappa shape index (κ3) is 3.82. The Hall–Kier alpha value is -1.87. The zero-order valence-corrected chi connectivity index (χ0v) is 12.9. The van der Waals surface area contributed by atoms with E-state index in [0.717, 1.165) is 19.1 Å². The molecule has 110 valence electrons. The van der Waals surface area contributed by atoms with Gasteiger partial charge < -0.3 is 4.90 Å². The molecule has 1 aromatic carbocycles. The summed E-state index contributed by atoms with van der Waals surface area (Å²) in [6.45, 7) is 2.02. The van der Waals surface area contributed by atoms with Crippen molar-refractivity contribution < 1.29 is 0 Å². The van der Waals surface area contributed by atoms with Gasteiger partial charge in [0.2, 0.25) is 0 Å². The second-order valence-corrected chi connectivity index (χ2v) is 6.06. The molecule has 0 unspecified atom stereocenters. The summed E-state index contributed by atoms with van der Waals surface area (Å²) in [5.41, 5.74) is 3.94. The first-order chi connectivity index (χ1) is 10.2. The van der Waals surface area contributed by atoms with Crippen molar-refractivity contribution in [2.45, 2.75) is 32.0 Å². The maximum Gasteiger partial charge on any atom is 0.0361 e. The van der Waals surface area contributed by atoms with Crippen LogP contribution in [0.5, 0.6) is 0 Å². The summed E-state index contributed by atoms with van der Waals surface area (Å²) in [7, 11) is 4.15. The maximum atomic E-state index is 4.22. The smallest absolute Gasteiger partial charge is 0.0361 e. The van der Waals surface area contributed by atoms with Gasteiger partial charge in [-0.15, -0.1) is 0 Å². The average Bonchev–Trinajstić information content (AvgIpc) is 3.33. The molecule has 3 nitrogen and oxygen atoms in total. The molecule has 1 aliphatic carbocycles. The van der Waals surface area contributed by atoms with Crippen molar-refractivity contribution in [2.24, 2.45) is 0 Å². The molecule has 0 atom stereocenters. The van der Waals surface area contributed by atoms with Crippen LogP contribution in [0.25, 0.3) is 0 Å². The van der Waals surface area contributed by atoms with Crippen molar-refractivity contribution >= 4 is 5.69 Å². The van der Waals surface area contributed by atoms with E-state index in [2.05, 4.69) is 59.2 Å². The predicted molar refractivity (Wildman–Crippen MR) is 87.3 cm³/mol. The van der Waals surface area contributed by atoms with Crippen LogP contribution in [0.2, 0.25) is 0 Å². The van der Waals surface area contributed by atoms with E-state index in [4.69, 9.17) is 0 Å². The van der Waals surface area contributed by atoms with Crippen molar-refractivity contribution in [1.29, 1.82) is 0 Å². The fourth-order valence-electron chi connectivity index (χ4n) is 2.61. The van der Waals surface area contributed by atoms with E-state index in [9.17, 15) is 0 Å². The Morgan fingerprint density at radius 1 is 1.00 bits per heavy atom. The predicted octanol–water partition coefficient (Wildman–Crippen LogP) is 3.31. The molecule has 1 heterocycles. The summed E-state index contributed by atoms with van der Waals surface area (Å²) in [6.07, 6.45) is 6.47. The van der Waals surface area contributed by atoms with Crippen LogP contribution in [0.3, 0.4) is 0 Å². The topological polar surface area (TPSA) is 19.4 Å². The van der Waals surface area contributed by atoms with Crippen LogP contribution >= 0.6 is 0 Å². The number of rotatable bonds is 6. The number of anilines is 1. The van der Waals surface area contributed by atoms with Gasteiger partial charge in [0.05, 0.1) is 0 Å². The highest BCUT2D eigenvalue weighted by molar-refractivity contribution is 5.46. The van der Waals surface area contributed by atoms with Gasteiger partial charge in [0.1, 0.15) is 0 Å². The number of hydrogen-bond donors (Lipinski definition) is 0. The lowest BCUT2D eigenvalue weighted by Crippen LogP contribution is -2.25. The Morgan fingerprint density at radius 3 is 2.29 bits per heavy atom. The summed E-state index contributed by atoms with van der Waals surface area (Å²) >= 11 is 0. The third-order valence-electron chi connectivity index (χ3n) is 4.01. The van der Waals surface area contributed by atoms with E-state index in [1.165, 1.54) is 29.7 Å². The summed E-state index contributed by atoms with van der Waals surface area (Å²) < 4.78 is 0. The second-order valence-electron chi connectivity index (χ2n) is 6.06. The molecular weight excluding hydrogens is 258 g/mol. The molecule has 3 heteroatoms. The number of nitrogens with zero attached hydrogens (tertiary/aromatic N) is 3. The largest absolute Gasteiger partial charge is 0.378 e. The van der Waals surface area contributed by atoms with Gasteiger partial charge in [-0.2, -0.15) is 0 Å². The molecule has 3 rings (SSSR count). The maximum absolute atomic E-state index is 4.22. The Labute approximate surface area is 127 Å². The normalized spacial score (nSPS) is 14.4. The first kappa shape index (κ1) is 14.1. The molecule has 1 aliphatic rings. The van der Waals surface area contributed by atoms with Gasteiger partial charge in [-0.05, 0) is 42.2 Å². The molecule has 0 aliphatic heterocycles. The SMILES string of the molecule is CN(C)c1ccc(CN(Cc2cccnc2)C2CC2)cc1. The second kappa shape index (κ2) is 6.27. The molecule has 0 saturated heterocycles. The summed E-state index contributed by atoms with van der Waals surface area (Å²) in [6, 6.07) is 13.8. The van der Waals surface area contributed by atoms with Crippen LogP contribution in [-0.2, 0) is 13.1 Å². The van der Waals surface area contributed by atoms with Gasteiger partial charge in [0.15, 0.2) is 0 Å². The lowest BCUT2D eigenvalue weighted by atomic mass is 10.1. The number of pyridine rings is 1. The van der Waals surface area contributed by atoms with E-state index in [0.29, 0.717) is 0 Å². The van der Waals surface area contributed by atoms with Crippen molar-refractivity contribution in [2.75, 3.05) is 19.0 Å². The fraction of sp³-hybridized carbons (Fsp3) is 0.389. The molecular formula is C18H23N3. The van der Waals surface area contributed by atoms with Crippen molar-refractivity contribution in [1.82, 2.24) is 9.88 Å². The average molecular weight is 281 g/mol. The highest BCUT2D eigenvalue weighted by Gasteiger charge is 2.28. The minimum absolute atomic E-state index is 0.749. The first-order valence-corrected chi connectivity index (χ1v) is 7.61. The van der Waals surface area contributed by atoms with Gasteiger partial charge >= 0.3 is 0 Å². The van der Waals surface area contributed by atoms with Crippen LogP contribution in [0.4, 0.5) is 5.69 Å². The molecule has 1 aromatic heterocycles. The lowest BCUT2D eigenvalue weighted by Gasteiger charge is -2.22. The fourth-order valence-corrected chi connectivity index (χ4v) is 2.61. The van der Waals surface area contributed by atoms with Gasteiger partial charge in [-0.3, -0.25) is 9.88 Å². The molecule has 1 saturated carbocycles. The highest BCUT2D eigenvalue weighted by Crippen LogP contribution is 2.30. The summed E-state index contributed by atoms with van der Waals surface area (Å²) in [4.78, 5) is 8.93. The Bertz CT molecular complexity index is 559. The molecule has 0 radical (unpaired) electrons. The van der Waals surface area contributed by atoms with E-state index >= 15 is 0 Å². The van der Waals surface area contributed by atoms with Gasteiger partial charge in [0.25, 0.3) is 0 Å². The molecule has 0 amide bonds. The van der Waals surface area contributed by atoms with Crippen LogP contribution in [0.1, 0.15) is 24.0 Å². The molecule has 1 fully saturated rings. The van der Waals surface area contributed by atoms with Crippen molar-refractivity contribution in [3.05, 3.63) is 59.9 Å². The van der Waals surface area contributed by atoms with Crippen LogP contribution in [0.15, 0.2) is 48.8 Å². The van der Waals surface area contributed by atoms with Crippen molar-refractivity contribution in [3.63, 3.8) is 0 Å². The van der Waals surface area contributed by atoms with E-state index < -0.39 is 0 Å². The molecule has 2 aromatic rings. The third-order valence-corrected chi connectivity index (χ3v) is 4.01. The first-order valence-electron chi connectivity index (χ1n) is 7.61. The zero-order valence-electron chi connectivity index (χ0n) is 12.9. The molecule has 21 heavy (non-hydrogen) atoms. The van der Waals surface area contributed by atoms with Crippen LogP contribution in [0, 0.1) is 0 Å². The Morgan fingerprint density at radius 2 is 1.71 bits per heavy atom. The minimum Gasteiger partial charge on any atom is -0.378 e. The Balaban J connectivity index is 1.67. The quantitative estimate of drug-likeness (QED) is 0.810. The van der Waals surface area contributed by atoms with Crippen LogP contribution < -0.4 is 4.90 Å². The van der Waals surface area contributed by atoms with Crippen molar-refractivity contribution in [3.8, 4) is 0 Å². The van der Waals surface area contributed by atoms with Gasteiger partial charge in [-0.1, -0.05) is 18.2 Å². The summed E-state index contributed by atoms with van der Waals surface area (Å²) in [5.74, 6) is 0. The number of benzene rings is 1. The number of hydrogen-bond acceptors (Lipinski definition) is 3. The monoisotopic (exact) mass is 281 g/mol. The van der Waals surface area contributed by atoms with Crippen LogP contribution in [-0.4, -0.2) is 30.0 Å². The Kier molecular flexibility index (Phi) is 4.20. The molecule has 0 bridgehead atoms.